The van der Waals surface area contributed by atoms with Crippen LogP contribution in [0.15, 0.2) is 47.5 Å². The number of nitrogens with one attached hydrogen (secondary N) is 1. The molecule has 0 aliphatic heterocycles. The van der Waals surface area contributed by atoms with Gasteiger partial charge in [0.2, 0.25) is 0 Å². The van der Waals surface area contributed by atoms with Crippen LogP contribution in [0.25, 0.3) is 0 Å². The van der Waals surface area contributed by atoms with Gasteiger partial charge in [0.05, 0.1) is 16.8 Å². The van der Waals surface area contributed by atoms with E-state index in [-0.39, 0.29) is 10.3 Å². The number of anilines is 1. The molecule has 112 valence electrons. The number of rotatable bonds is 3. The molecule has 2 aromatic rings. The van der Waals surface area contributed by atoms with Crippen molar-refractivity contribution in [1.29, 1.82) is 0 Å². The van der Waals surface area contributed by atoms with Crippen molar-refractivity contribution in [2.45, 2.75) is 38.0 Å². The minimum atomic E-state index is -3.58. The van der Waals surface area contributed by atoms with Crippen LogP contribution >= 0.6 is 0 Å². The zero-order chi connectivity index (χ0) is 15.7. The highest BCUT2D eigenvalue weighted by Gasteiger charge is 2.17. The second-order valence-electron chi connectivity index (χ2n) is 6.07. The lowest BCUT2D eigenvalue weighted by molar-refractivity contribution is 0.587. The Morgan fingerprint density at radius 3 is 2.10 bits per heavy atom. The smallest absolute Gasteiger partial charge is 0.261 e. The van der Waals surface area contributed by atoms with Crippen molar-refractivity contribution in [3.05, 3.63) is 53.9 Å². The van der Waals surface area contributed by atoms with Crippen molar-refractivity contribution in [2.75, 3.05) is 4.72 Å². The van der Waals surface area contributed by atoms with Crippen LogP contribution in [0.1, 0.15) is 32.0 Å². The minimum absolute atomic E-state index is 0.00338. The average molecular weight is 304 g/mol. The van der Waals surface area contributed by atoms with Gasteiger partial charge >= 0.3 is 0 Å². The third-order valence-corrected chi connectivity index (χ3v) is 4.59. The molecule has 0 aliphatic carbocycles. The Kier molecular flexibility index (Phi) is 4.05. The molecule has 1 aromatic carbocycles. The second-order valence-corrected chi connectivity index (χ2v) is 7.75. The first-order valence-corrected chi connectivity index (χ1v) is 8.23. The van der Waals surface area contributed by atoms with Gasteiger partial charge in [-0.15, -0.1) is 0 Å². The lowest BCUT2D eigenvalue weighted by atomic mass is 9.87. The van der Waals surface area contributed by atoms with Crippen LogP contribution in [-0.2, 0) is 15.4 Å². The van der Waals surface area contributed by atoms with E-state index in [9.17, 15) is 8.42 Å². The molecule has 1 aromatic heterocycles. The summed E-state index contributed by atoms with van der Waals surface area (Å²) in [6.45, 7) is 8.12. The van der Waals surface area contributed by atoms with Crippen molar-refractivity contribution in [3.63, 3.8) is 0 Å². The Bertz CT molecular complexity index is 712. The van der Waals surface area contributed by atoms with E-state index < -0.39 is 10.0 Å². The SMILES string of the molecule is Cc1ccc(NS(=O)(=O)c2ccc(C(C)(C)C)cc2)cn1. The van der Waals surface area contributed by atoms with Gasteiger partial charge in [0.25, 0.3) is 10.0 Å². The quantitative estimate of drug-likeness (QED) is 0.944. The average Bonchev–Trinajstić information content (AvgIpc) is 2.40. The molecule has 4 nitrogen and oxygen atoms in total. The summed E-state index contributed by atoms with van der Waals surface area (Å²) in [5.41, 5.74) is 2.39. The Balaban J connectivity index is 2.25. The maximum absolute atomic E-state index is 12.3. The summed E-state index contributed by atoms with van der Waals surface area (Å²) in [4.78, 5) is 4.32. The highest BCUT2D eigenvalue weighted by atomic mass is 32.2. The summed E-state index contributed by atoms with van der Waals surface area (Å²) < 4.78 is 27.1. The van der Waals surface area contributed by atoms with Gasteiger partial charge in [-0.3, -0.25) is 9.71 Å². The van der Waals surface area contributed by atoms with Crippen LogP contribution in [-0.4, -0.2) is 13.4 Å². The van der Waals surface area contributed by atoms with E-state index in [1.807, 2.05) is 19.1 Å². The Hall–Kier alpha value is -1.88. The lowest BCUT2D eigenvalue weighted by Crippen LogP contribution is -2.15. The summed E-state index contributed by atoms with van der Waals surface area (Å²) in [7, 11) is -3.58. The number of sulfonamides is 1. The molecule has 0 saturated heterocycles. The maximum atomic E-state index is 12.3. The molecular formula is C16H20N2O2S. The zero-order valence-electron chi connectivity index (χ0n) is 12.7. The normalized spacial score (nSPS) is 12.2. The van der Waals surface area contributed by atoms with Crippen molar-refractivity contribution < 1.29 is 8.42 Å². The number of hydrogen-bond donors (Lipinski definition) is 1. The highest BCUT2D eigenvalue weighted by Crippen LogP contribution is 2.24. The fraction of sp³-hybridized carbons (Fsp3) is 0.312. The van der Waals surface area contributed by atoms with Gasteiger partial charge in [0.15, 0.2) is 0 Å². The van der Waals surface area contributed by atoms with Crippen LogP contribution < -0.4 is 4.72 Å². The van der Waals surface area contributed by atoms with Crippen molar-refractivity contribution >= 4 is 15.7 Å². The van der Waals surface area contributed by atoms with E-state index in [4.69, 9.17) is 0 Å². The molecule has 2 rings (SSSR count). The van der Waals surface area contributed by atoms with Gasteiger partial charge < -0.3 is 0 Å². The molecule has 5 heteroatoms. The van der Waals surface area contributed by atoms with E-state index in [1.165, 1.54) is 6.20 Å². The van der Waals surface area contributed by atoms with Gasteiger partial charge in [-0.1, -0.05) is 32.9 Å². The number of benzene rings is 1. The predicted octanol–water partition coefficient (Wildman–Crippen LogP) is 3.49. The van der Waals surface area contributed by atoms with Crippen molar-refractivity contribution in [2.24, 2.45) is 0 Å². The number of nitrogens with zero attached hydrogens (tertiary/aromatic N) is 1. The molecule has 0 radical (unpaired) electrons. The second kappa shape index (κ2) is 5.48. The van der Waals surface area contributed by atoms with Gasteiger partial charge in [0.1, 0.15) is 0 Å². The summed E-state index contributed by atoms with van der Waals surface area (Å²) in [6.07, 6.45) is 1.51. The van der Waals surface area contributed by atoms with Gasteiger partial charge in [-0.25, -0.2) is 8.42 Å². The summed E-state index contributed by atoms with van der Waals surface area (Å²) >= 11 is 0. The largest absolute Gasteiger partial charge is 0.278 e. The Labute approximate surface area is 126 Å². The van der Waals surface area contributed by atoms with E-state index in [1.54, 1.807) is 24.3 Å². The number of aromatic nitrogens is 1. The first-order valence-electron chi connectivity index (χ1n) is 6.74. The standard InChI is InChI=1S/C16H20N2O2S/c1-12-5-8-14(11-17-12)18-21(19,20)15-9-6-13(7-10-15)16(2,3)4/h5-11,18H,1-4H3. The Morgan fingerprint density at radius 1 is 1.00 bits per heavy atom. The molecule has 0 bridgehead atoms. The highest BCUT2D eigenvalue weighted by molar-refractivity contribution is 7.92. The summed E-state index contributed by atoms with van der Waals surface area (Å²) in [6, 6.07) is 10.4. The van der Waals surface area contributed by atoms with Gasteiger partial charge in [0, 0.05) is 5.69 Å². The summed E-state index contributed by atoms with van der Waals surface area (Å²) in [5, 5.41) is 0. The van der Waals surface area contributed by atoms with E-state index >= 15 is 0 Å². The molecule has 0 spiro atoms. The first-order chi connectivity index (χ1) is 9.68. The maximum Gasteiger partial charge on any atom is 0.261 e. The van der Waals surface area contributed by atoms with Crippen molar-refractivity contribution in [1.82, 2.24) is 4.98 Å². The number of pyridine rings is 1. The molecule has 0 fully saturated rings. The molecule has 0 aliphatic rings. The molecule has 0 saturated carbocycles. The molecule has 0 unspecified atom stereocenters. The molecule has 1 N–H and O–H groups in total. The molecule has 1 heterocycles. The van der Waals surface area contributed by atoms with Crippen LogP contribution in [0.3, 0.4) is 0 Å². The third kappa shape index (κ3) is 3.82. The van der Waals surface area contributed by atoms with E-state index in [0.29, 0.717) is 5.69 Å². The van der Waals surface area contributed by atoms with E-state index in [0.717, 1.165) is 11.3 Å². The topological polar surface area (TPSA) is 59.1 Å². The molecule has 21 heavy (non-hydrogen) atoms. The van der Waals surface area contributed by atoms with Gasteiger partial charge in [-0.05, 0) is 42.2 Å². The van der Waals surface area contributed by atoms with Crippen LogP contribution in [0.4, 0.5) is 5.69 Å². The lowest BCUT2D eigenvalue weighted by Gasteiger charge is -2.19. The predicted molar refractivity (Wildman–Crippen MR) is 84.9 cm³/mol. The summed E-state index contributed by atoms with van der Waals surface area (Å²) in [5.74, 6) is 0. The van der Waals surface area contributed by atoms with Crippen LogP contribution in [0.5, 0.6) is 0 Å². The molecule has 0 amide bonds. The van der Waals surface area contributed by atoms with E-state index in [2.05, 4.69) is 30.5 Å². The monoisotopic (exact) mass is 304 g/mol. The number of aryl methyl sites for hydroxylation is 1. The fourth-order valence-corrected chi connectivity index (χ4v) is 2.92. The Morgan fingerprint density at radius 2 is 1.62 bits per heavy atom. The third-order valence-electron chi connectivity index (χ3n) is 3.19. The minimum Gasteiger partial charge on any atom is -0.278 e. The molecule has 0 atom stereocenters. The number of hydrogen-bond acceptors (Lipinski definition) is 3. The van der Waals surface area contributed by atoms with Crippen LogP contribution in [0.2, 0.25) is 0 Å². The van der Waals surface area contributed by atoms with Gasteiger partial charge in [-0.2, -0.15) is 0 Å². The van der Waals surface area contributed by atoms with Crippen LogP contribution in [0, 0.1) is 6.92 Å². The zero-order valence-corrected chi connectivity index (χ0v) is 13.5. The fourth-order valence-electron chi connectivity index (χ4n) is 1.88. The molecular weight excluding hydrogens is 284 g/mol. The van der Waals surface area contributed by atoms with Crippen molar-refractivity contribution in [3.8, 4) is 0 Å². The first kappa shape index (κ1) is 15.5.